The van der Waals surface area contributed by atoms with Crippen LogP contribution < -0.4 is 10.4 Å². The lowest BCUT2D eigenvalue weighted by Crippen LogP contribution is -2.12. The average Bonchev–Trinajstić information content (AvgIpc) is 2.58. The third-order valence-electron chi connectivity index (χ3n) is 3.76. The van der Waals surface area contributed by atoms with Gasteiger partial charge in [-0.2, -0.15) is 13.2 Å². The van der Waals surface area contributed by atoms with Gasteiger partial charge in [0.15, 0.2) is 12.4 Å². The molecule has 0 aliphatic carbocycles. The van der Waals surface area contributed by atoms with Gasteiger partial charge in [-0.05, 0) is 19.1 Å². The van der Waals surface area contributed by atoms with E-state index in [1.165, 1.54) is 6.07 Å². The van der Waals surface area contributed by atoms with Crippen LogP contribution in [0.4, 0.5) is 13.2 Å². The summed E-state index contributed by atoms with van der Waals surface area (Å²) in [5, 5.41) is -0.255. The summed E-state index contributed by atoms with van der Waals surface area (Å²) in [5.74, 6) is -0.156. The molecule has 3 aromatic rings. The number of aryl methyl sites for hydroxylation is 1. The molecule has 7 heteroatoms. The second-order valence-corrected chi connectivity index (χ2v) is 5.71. The van der Waals surface area contributed by atoms with Crippen molar-refractivity contribution in [2.75, 3.05) is 6.61 Å². The van der Waals surface area contributed by atoms with E-state index >= 15 is 0 Å². The van der Waals surface area contributed by atoms with Crippen molar-refractivity contribution < 1.29 is 27.1 Å². The van der Waals surface area contributed by atoms with Gasteiger partial charge >= 0.3 is 11.8 Å². The first-order valence-corrected chi connectivity index (χ1v) is 7.62. The predicted molar refractivity (Wildman–Crippen MR) is 88.5 cm³/mol. The molecule has 134 valence electrons. The molecule has 0 N–H and O–H groups in total. The number of benzene rings is 2. The number of alkyl halides is 3. The molecule has 4 nitrogen and oxygen atoms in total. The Kier molecular flexibility index (Phi) is 4.54. The first-order valence-electron chi connectivity index (χ1n) is 7.62. The van der Waals surface area contributed by atoms with Gasteiger partial charge in [0.1, 0.15) is 11.3 Å². The zero-order valence-corrected chi connectivity index (χ0v) is 13.6. The highest BCUT2D eigenvalue weighted by Crippen LogP contribution is 2.34. The number of hydrogen-bond donors (Lipinski definition) is 0. The van der Waals surface area contributed by atoms with Crippen LogP contribution in [-0.4, -0.2) is 12.4 Å². The molecule has 0 radical (unpaired) electrons. The minimum Gasteiger partial charge on any atom is -0.485 e. The van der Waals surface area contributed by atoms with Crippen LogP contribution in [-0.2, 0) is 6.18 Å². The molecule has 1 aromatic heterocycles. The molecular weight excluding hydrogens is 349 g/mol. The summed E-state index contributed by atoms with van der Waals surface area (Å²) in [6.45, 7) is 1.60. The number of hydrogen-bond acceptors (Lipinski definition) is 4. The summed E-state index contributed by atoms with van der Waals surface area (Å²) in [6.07, 6.45) is -4.68. The Morgan fingerprint density at radius 2 is 1.77 bits per heavy atom. The second-order valence-electron chi connectivity index (χ2n) is 5.71. The standard InChI is InChI=1S/C19H13F3O4/c1-11-2-4-12(5-3-11)16(23)10-25-13-6-7-14-15(19(20,21)22)9-18(24)26-17(14)8-13/h2-9H,10H2,1H3. The summed E-state index contributed by atoms with van der Waals surface area (Å²) in [4.78, 5) is 23.5. The number of carbonyl (C=O) groups excluding carboxylic acids is 1. The van der Waals surface area contributed by atoms with Crippen molar-refractivity contribution >= 4 is 16.8 Å². The summed E-state index contributed by atoms with van der Waals surface area (Å²) in [6, 6.07) is 10.9. The van der Waals surface area contributed by atoms with Crippen molar-refractivity contribution in [3.05, 3.63) is 75.6 Å². The van der Waals surface area contributed by atoms with E-state index in [-0.39, 0.29) is 29.1 Å². The first-order chi connectivity index (χ1) is 12.2. The van der Waals surface area contributed by atoms with E-state index in [0.717, 1.165) is 17.7 Å². The van der Waals surface area contributed by atoms with Gasteiger partial charge in [0.05, 0.1) is 5.56 Å². The molecule has 2 aromatic carbocycles. The van der Waals surface area contributed by atoms with Crippen molar-refractivity contribution in [1.82, 2.24) is 0 Å². The smallest absolute Gasteiger partial charge is 0.417 e. The fourth-order valence-electron chi connectivity index (χ4n) is 2.44. The fourth-order valence-corrected chi connectivity index (χ4v) is 2.44. The van der Waals surface area contributed by atoms with Gasteiger partial charge in [0.25, 0.3) is 0 Å². The largest absolute Gasteiger partial charge is 0.485 e. The third-order valence-corrected chi connectivity index (χ3v) is 3.76. The lowest BCUT2D eigenvalue weighted by molar-refractivity contribution is -0.136. The minimum absolute atomic E-state index is 0.125. The quantitative estimate of drug-likeness (QED) is 0.510. The van der Waals surface area contributed by atoms with Gasteiger partial charge in [-0.1, -0.05) is 29.8 Å². The molecule has 0 bridgehead atoms. The maximum atomic E-state index is 13.0. The van der Waals surface area contributed by atoms with E-state index < -0.39 is 17.4 Å². The minimum atomic E-state index is -4.68. The van der Waals surface area contributed by atoms with Crippen molar-refractivity contribution in [1.29, 1.82) is 0 Å². The first kappa shape index (κ1) is 17.7. The molecule has 0 unspecified atom stereocenters. The average molecular weight is 362 g/mol. The van der Waals surface area contributed by atoms with Gasteiger partial charge in [-0.25, -0.2) is 4.79 Å². The van der Waals surface area contributed by atoms with Crippen LogP contribution in [0.1, 0.15) is 21.5 Å². The Morgan fingerprint density at radius 1 is 1.08 bits per heavy atom. The monoisotopic (exact) mass is 362 g/mol. The van der Waals surface area contributed by atoms with Crippen molar-refractivity contribution in [3.63, 3.8) is 0 Å². The molecule has 3 rings (SSSR count). The topological polar surface area (TPSA) is 56.5 Å². The molecule has 0 fully saturated rings. The number of fused-ring (bicyclic) bond motifs is 1. The molecule has 0 spiro atoms. The molecule has 26 heavy (non-hydrogen) atoms. The Morgan fingerprint density at radius 3 is 2.42 bits per heavy atom. The number of ketones is 1. The van der Waals surface area contributed by atoms with E-state index in [9.17, 15) is 22.8 Å². The molecule has 1 heterocycles. The maximum absolute atomic E-state index is 13.0. The fraction of sp³-hybridized carbons (Fsp3) is 0.158. The van der Waals surface area contributed by atoms with E-state index in [2.05, 4.69) is 0 Å². The van der Waals surface area contributed by atoms with Gasteiger partial charge < -0.3 is 9.15 Å². The Labute approximate surface area is 145 Å². The SMILES string of the molecule is Cc1ccc(C(=O)COc2ccc3c(C(F)(F)F)cc(=O)oc3c2)cc1. The number of rotatable bonds is 4. The van der Waals surface area contributed by atoms with E-state index in [1.54, 1.807) is 24.3 Å². The highest BCUT2D eigenvalue weighted by molar-refractivity contribution is 5.97. The van der Waals surface area contributed by atoms with Crippen LogP contribution in [0.25, 0.3) is 11.0 Å². The van der Waals surface area contributed by atoms with E-state index in [0.29, 0.717) is 11.6 Å². The van der Waals surface area contributed by atoms with E-state index in [1.807, 2.05) is 6.92 Å². The number of ether oxygens (including phenoxy) is 1. The van der Waals surface area contributed by atoms with Crippen molar-refractivity contribution in [2.45, 2.75) is 13.1 Å². The van der Waals surface area contributed by atoms with Crippen molar-refractivity contribution in [2.24, 2.45) is 0 Å². The lowest BCUT2D eigenvalue weighted by atomic mass is 10.1. The summed E-state index contributed by atoms with van der Waals surface area (Å²) in [7, 11) is 0. The third kappa shape index (κ3) is 3.77. The normalized spacial score (nSPS) is 11.5. The Hall–Kier alpha value is -3.09. The predicted octanol–water partition coefficient (Wildman–Crippen LogP) is 4.38. The zero-order valence-electron chi connectivity index (χ0n) is 13.6. The van der Waals surface area contributed by atoms with E-state index in [4.69, 9.17) is 9.15 Å². The number of halogens is 3. The van der Waals surface area contributed by atoms with Gasteiger partial charge in [-0.15, -0.1) is 0 Å². The summed E-state index contributed by atoms with van der Waals surface area (Å²) < 4.78 is 49.2. The molecule has 0 atom stereocenters. The molecule has 0 saturated heterocycles. The van der Waals surface area contributed by atoms with Crippen LogP contribution in [0.15, 0.2) is 57.7 Å². The Balaban J connectivity index is 1.84. The van der Waals surface area contributed by atoms with Crippen LogP contribution >= 0.6 is 0 Å². The second kappa shape index (κ2) is 6.67. The van der Waals surface area contributed by atoms with Crippen LogP contribution in [0.2, 0.25) is 0 Å². The highest BCUT2D eigenvalue weighted by Gasteiger charge is 2.33. The Bertz CT molecular complexity index is 1020. The summed E-state index contributed by atoms with van der Waals surface area (Å²) in [5.41, 5.74) is -0.983. The van der Waals surface area contributed by atoms with Crippen LogP contribution in [0.5, 0.6) is 5.75 Å². The van der Waals surface area contributed by atoms with Gasteiger partial charge in [0, 0.05) is 23.1 Å². The number of carbonyl (C=O) groups is 1. The number of Topliss-reactive ketones (excluding diaryl/α,β-unsaturated/α-hetero) is 1. The zero-order chi connectivity index (χ0) is 18.9. The maximum Gasteiger partial charge on any atom is 0.417 e. The molecule has 0 aliphatic heterocycles. The molecule has 0 saturated carbocycles. The van der Waals surface area contributed by atoms with Crippen molar-refractivity contribution in [3.8, 4) is 5.75 Å². The van der Waals surface area contributed by atoms with Crippen LogP contribution in [0.3, 0.4) is 0 Å². The highest BCUT2D eigenvalue weighted by atomic mass is 19.4. The molecule has 0 amide bonds. The summed E-state index contributed by atoms with van der Waals surface area (Å²) >= 11 is 0. The van der Waals surface area contributed by atoms with Crippen LogP contribution in [0, 0.1) is 6.92 Å². The molecular formula is C19H13F3O4. The van der Waals surface area contributed by atoms with Gasteiger partial charge in [-0.3, -0.25) is 4.79 Å². The van der Waals surface area contributed by atoms with Gasteiger partial charge in [0.2, 0.25) is 0 Å². The lowest BCUT2D eigenvalue weighted by Gasteiger charge is -2.10. The molecule has 0 aliphatic rings.